The van der Waals surface area contributed by atoms with E-state index in [1.807, 2.05) is 0 Å². The number of nitrogens with one attached hydrogen (secondary N) is 4. The summed E-state index contributed by atoms with van der Waals surface area (Å²) in [5.41, 5.74) is 1.33. The molecule has 0 bridgehead atoms. The van der Waals surface area contributed by atoms with Gasteiger partial charge in [-0.1, -0.05) is 73.8 Å². The first-order valence-corrected chi connectivity index (χ1v) is 11.5. The van der Waals surface area contributed by atoms with Crippen molar-refractivity contribution in [1.29, 1.82) is 0 Å². The molecule has 4 N–H and O–H groups in total. The van der Waals surface area contributed by atoms with Crippen LogP contribution in [0, 0.1) is 0 Å². The highest BCUT2D eigenvalue weighted by Gasteiger charge is 2.34. The highest BCUT2D eigenvalue weighted by Crippen LogP contribution is 2.29. The minimum absolute atomic E-state index is 0.157. The van der Waals surface area contributed by atoms with E-state index >= 15 is 0 Å². The van der Waals surface area contributed by atoms with Crippen molar-refractivity contribution >= 4 is 75.3 Å². The van der Waals surface area contributed by atoms with Crippen molar-refractivity contribution in [1.82, 2.24) is 10.6 Å². The fourth-order valence-corrected chi connectivity index (χ4v) is 3.20. The van der Waals surface area contributed by atoms with Crippen molar-refractivity contribution in [3.05, 3.63) is 24.3 Å². The fourth-order valence-electron chi connectivity index (χ4n) is 2.64. The van der Waals surface area contributed by atoms with E-state index in [1.165, 1.54) is 26.2 Å². The van der Waals surface area contributed by atoms with E-state index in [-0.39, 0.29) is 16.9 Å². The predicted octanol–water partition coefficient (Wildman–Crippen LogP) is 5.49. The van der Waals surface area contributed by atoms with Crippen molar-refractivity contribution in [2.75, 3.05) is 10.6 Å². The molecule has 0 aliphatic rings. The summed E-state index contributed by atoms with van der Waals surface area (Å²) in [6.45, 7) is 3.60. The van der Waals surface area contributed by atoms with Crippen LogP contribution in [0.4, 0.5) is 11.4 Å². The second-order valence-corrected chi connectivity index (χ2v) is 9.69. The van der Waals surface area contributed by atoms with Crippen LogP contribution < -0.4 is 21.3 Å². The molecule has 0 fully saturated rings. The van der Waals surface area contributed by atoms with Crippen LogP contribution in [0.1, 0.15) is 58.8 Å². The topological polar surface area (TPSA) is 82.3 Å². The van der Waals surface area contributed by atoms with Gasteiger partial charge in [0.1, 0.15) is 6.17 Å². The molecule has 6 nitrogen and oxygen atoms in total. The van der Waals surface area contributed by atoms with E-state index in [9.17, 15) is 9.59 Å². The zero-order valence-electron chi connectivity index (χ0n) is 17.2. The van der Waals surface area contributed by atoms with Crippen LogP contribution in [0.3, 0.4) is 0 Å². The lowest BCUT2D eigenvalue weighted by Gasteiger charge is -2.27. The van der Waals surface area contributed by atoms with Crippen molar-refractivity contribution in [2.45, 2.75) is 68.8 Å². The standard InChI is InChI=1S/C20H29Cl3N4O2S/c1-3-4-5-6-7-8-9-17(29)26-18(20(21,22)23)27-19(30)25-16-12-10-15(11-13-16)24-14(2)28/h10-13,18H,3-9H2,1-2H3,(H,24,28)(H,26,29)(H2,25,27,30). The zero-order valence-corrected chi connectivity index (χ0v) is 20.3. The lowest BCUT2D eigenvalue weighted by atomic mass is 10.1. The van der Waals surface area contributed by atoms with Gasteiger partial charge in [-0.05, 0) is 42.9 Å². The molecule has 2 amide bonds. The molecule has 30 heavy (non-hydrogen) atoms. The molecular weight excluding hydrogens is 467 g/mol. The molecule has 0 aliphatic heterocycles. The van der Waals surface area contributed by atoms with Crippen molar-refractivity contribution in [3.8, 4) is 0 Å². The first-order valence-electron chi connectivity index (χ1n) is 9.93. The van der Waals surface area contributed by atoms with E-state index in [1.54, 1.807) is 24.3 Å². The molecule has 0 aliphatic carbocycles. The Morgan fingerprint density at radius 2 is 1.47 bits per heavy atom. The summed E-state index contributed by atoms with van der Waals surface area (Å²) in [5.74, 6) is -0.369. The van der Waals surface area contributed by atoms with Gasteiger partial charge >= 0.3 is 0 Å². The molecule has 1 aromatic carbocycles. The number of amides is 2. The fraction of sp³-hybridized carbons (Fsp3) is 0.550. The summed E-state index contributed by atoms with van der Waals surface area (Å²) in [5, 5.41) is 11.3. The second kappa shape index (κ2) is 13.9. The van der Waals surface area contributed by atoms with Crippen LogP contribution in [0.15, 0.2) is 24.3 Å². The van der Waals surface area contributed by atoms with Gasteiger partial charge in [0, 0.05) is 24.7 Å². The van der Waals surface area contributed by atoms with Crippen LogP contribution >= 0.6 is 47.0 Å². The third-order valence-corrected chi connectivity index (χ3v) is 5.00. The molecule has 1 unspecified atom stereocenters. The predicted molar refractivity (Wildman–Crippen MR) is 130 cm³/mol. The Morgan fingerprint density at radius 3 is 2.00 bits per heavy atom. The van der Waals surface area contributed by atoms with Crippen LogP contribution in [0.5, 0.6) is 0 Å². The molecule has 1 atom stereocenters. The summed E-state index contributed by atoms with van der Waals surface area (Å²) < 4.78 is -1.79. The van der Waals surface area contributed by atoms with E-state index in [4.69, 9.17) is 47.0 Å². The molecule has 0 aromatic heterocycles. The van der Waals surface area contributed by atoms with Gasteiger partial charge in [0.05, 0.1) is 0 Å². The van der Waals surface area contributed by atoms with Crippen molar-refractivity contribution < 1.29 is 9.59 Å². The zero-order chi connectivity index (χ0) is 22.6. The monoisotopic (exact) mass is 494 g/mol. The average Bonchev–Trinajstić information content (AvgIpc) is 2.64. The molecular formula is C20H29Cl3N4O2S. The quantitative estimate of drug-likeness (QED) is 0.141. The Hall–Kier alpha value is -1.28. The van der Waals surface area contributed by atoms with Crippen LogP contribution in [0.2, 0.25) is 0 Å². The number of carbonyl (C=O) groups is 2. The third kappa shape index (κ3) is 11.8. The number of rotatable bonds is 11. The van der Waals surface area contributed by atoms with Gasteiger partial charge in [0.25, 0.3) is 0 Å². The number of hydrogen-bond acceptors (Lipinski definition) is 3. The first kappa shape index (κ1) is 26.8. The minimum Gasteiger partial charge on any atom is -0.339 e. The number of benzene rings is 1. The largest absolute Gasteiger partial charge is 0.339 e. The van der Waals surface area contributed by atoms with Crippen molar-refractivity contribution in [2.24, 2.45) is 0 Å². The molecule has 168 valence electrons. The number of anilines is 2. The maximum absolute atomic E-state index is 12.2. The summed E-state index contributed by atoms with van der Waals surface area (Å²) in [6, 6.07) is 6.92. The van der Waals surface area contributed by atoms with Gasteiger partial charge in [-0.2, -0.15) is 0 Å². The van der Waals surface area contributed by atoms with E-state index in [0.717, 1.165) is 19.3 Å². The Labute approximate surface area is 198 Å². The molecule has 0 saturated heterocycles. The normalized spacial score (nSPS) is 12.0. The number of alkyl halides is 3. The first-order chi connectivity index (χ1) is 14.1. The Bertz CT molecular complexity index is 696. The van der Waals surface area contributed by atoms with Gasteiger partial charge in [-0.25, -0.2) is 0 Å². The number of thiocarbonyl (C=S) groups is 1. The Balaban J connectivity index is 2.52. The summed E-state index contributed by atoms with van der Waals surface area (Å²) in [6.07, 6.45) is 5.84. The average molecular weight is 496 g/mol. The van der Waals surface area contributed by atoms with Crippen LogP contribution in [0.25, 0.3) is 0 Å². The van der Waals surface area contributed by atoms with E-state index < -0.39 is 9.96 Å². The van der Waals surface area contributed by atoms with Gasteiger partial charge < -0.3 is 21.3 Å². The highest BCUT2D eigenvalue weighted by atomic mass is 35.6. The maximum Gasteiger partial charge on any atom is 0.228 e. The third-order valence-electron chi connectivity index (χ3n) is 4.13. The number of carbonyl (C=O) groups excluding carboxylic acids is 2. The molecule has 0 spiro atoms. The molecule has 10 heteroatoms. The van der Waals surface area contributed by atoms with Crippen molar-refractivity contribution in [3.63, 3.8) is 0 Å². The summed E-state index contributed by atoms with van der Waals surface area (Å²) in [4.78, 5) is 23.3. The van der Waals surface area contributed by atoms with E-state index in [0.29, 0.717) is 17.8 Å². The number of unbranched alkanes of at least 4 members (excludes halogenated alkanes) is 5. The van der Waals surface area contributed by atoms with Crippen LogP contribution in [-0.2, 0) is 9.59 Å². The molecule has 1 rings (SSSR count). The molecule has 0 radical (unpaired) electrons. The summed E-state index contributed by atoms with van der Waals surface area (Å²) in [7, 11) is 0. The van der Waals surface area contributed by atoms with Gasteiger partial charge in [0.15, 0.2) is 5.11 Å². The lowest BCUT2D eigenvalue weighted by Crippen LogP contribution is -2.56. The molecule has 0 saturated carbocycles. The SMILES string of the molecule is CCCCCCCCC(=O)NC(NC(=S)Nc1ccc(NC(C)=O)cc1)C(Cl)(Cl)Cl. The molecule has 0 heterocycles. The Morgan fingerprint density at radius 1 is 0.933 bits per heavy atom. The van der Waals surface area contributed by atoms with Gasteiger partial charge in [0.2, 0.25) is 15.6 Å². The maximum atomic E-state index is 12.2. The second-order valence-electron chi connectivity index (χ2n) is 6.92. The number of hydrogen-bond donors (Lipinski definition) is 4. The highest BCUT2D eigenvalue weighted by molar-refractivity contribution is 7.80. The smallest absolute Gasteiger partial charge is 0.228 e. The van der Waals surface area contributed by atoms with Crippen LogP contribution in [-0.4, -0.2) is 26.9 Å². The number of halogens is 3. The molecule has 1 aromatic rings. The van der Waals surface area contributed by atoms with Gasteiger partial charge in [-0.3, -0.25) is 9.59 Å². The van der Waals surface area contributed by atoms with E-state index in [2.05, 4.69) is 28.2 Å². The minimum atomic E-state index is -1.79. The Kier molecular flexibility index (Phi) is 12.4. The van der Waals surface area contributed by atoms with Gasteiger partial charge in [-0.15, -0.1) is 0 Å². The lowest BCUT2D eigenvalue weighted by molar-refractivity contribution is -0.122. The summed E-state index contributed by atoms with van der Waals surface area (Å²) >= 11 is 23.3.